The van der Waals surface area contributed by atoms with Gasteiger partial charge in [0.15, 0.2) is 0 Å². The van der Waals surface area contributed by atoms with Crippen LogP contribution >= 0.6 is 0 Å². The van der Waals surface area contributed by atoms with Gasteiger partial charge in [0.05, 0.1) is 18.0 Å². The van der Waals surface area contributed by atoms with Gasteiger partial charge in [-0.05, 0) is 45.0 Å². The summed E-state index contributed by atoms with van der Waals surface area (Å²) in [5.74, 6) is -1.50. The average molecular weight is 459 g/mol. The molecule has 0 saturated carbocycles. The van der Waals surface area contributed by atoms with Crippen molar-refractivity contribution in [1.29, 1.82) is 0 Å². The summed E-state index contributed by atoms with van der Waals surface area (Å²) in [4.78, 5) is 26.6. The van der Waals surface area contributed by atoms with Gasteiger partial charge in [0, 0.05) is 17.1 Å². The number of esters is 1. The van der Waals surface area contributed by atoms with Gasteiger partial charge in [-0.1, -0.05) is 0 Å². The number of nitrogens with one attached hydrogen (secondary N) is 3. The molecule has 0 aliphatic carbocycles. The molecule has 13 heteroatoms. The number of carbonyl (C=O) groups excluding carboxylic acids is 2. The Bertz CT molecular complexity index is 1170. The van der Waals surface area contributed by atoms with Crippen molar-refractivity contribution >= 4 is 37.6 Å². The molecule has 0 saturated heterocycles. The lowest BCUT2D eigenvalue weighted by Crippen LogP contribution is -2.33. The molecule has 1 heterocycles. The molecule has 0 spiro atoms. The molecule has 0 radical (unpaired) electrons. The summed E-state index contributed by atoms with van der Waals surface area (Å²) in [7, 11) is -8.09. The molecular formula is C17H22N4O7S2. The number of sulfonamides is 2. The van der Waals surface area contributed by atoms with Crippen LogP contribution in [0.4, 0.5) is 5.69 Å². The first-order chi connectivity index (χ1) is 13.9. The Kier molecular flexibility index (Phi) is 7.02. The fraction of sp³-hybridized carbons (Fsp3) is 0.294. The fourth-order valence-electron chi connectivity index (χ4n) is 2.71. The van der Waals surface area contributed by atoms with Gasteiger partial charge < -0.3 is 15.0 Å². The third-order valence-corrected chi connectivity index (χ3v) is 6.46. The topological polar surface area (TPSA) is 178 Å². The molecule has 0 unspecified atom stereocenters. The van der Waals surface area contributed by atoms with Crippen LogP contribution in [0.1, 0.15) is 28.7 Å². The highest BCUT2D eigenvalue weighted by Crippen LogP contribution is 2.24. The van der Waals surface area contributed by atoms with Crippen molar-refractivity contribution < 1.29 is 31.2 Å². The van der Waals surface area contributed by atoms with E-state index in [1.54, 1.807) is 6.92 Å². The minimum atomic E-state index is -4.22. The molecule has 0 aliphatic rings. The van der Waals surface area contributed by atoms with Crippen molar-refractivity contribution in [3.63, 3.8) is 0 Å². The number of H-pyrrole nitrogens is 1. The zero-order valence-electron chi connectivity index (χ0n) is 16.5. The van der Waals surface area contributed by atoms with Crippen LogP contribution in [0.25, 0.3) is 0 Å². The number of aromatic nitrogens is 1. The standard InChI is InChI=1S/C17H22N4O7S2/c1-4-28-17(23)15-10(2)20-11(3)16(15)30(26,27)19-9-14(22)21-12-5-7-13(8-6-12)29(18,24)25/h5-8,19-20H,4,9H2,1-3H3,(H,21,22)(H2,18,24,25). The molecule has 5 N–H and O–H groups in total. The van der Waals surface area contributed by atoms with E-state index in [1.807, 2.05) is 0 Å². The van der Waals surface area contributed by atoms with Crippen molar-refractivity contribution in [3.05, 3.63) is 41.2 Å². The van der Waals surface area contributed by atoms with Crippen molar-refractivity contribution in [3.8, 4) is 0 Å². The first-order valence-electron chi connectivity index (χ1n) is 8.65. The summed E-state index contributed by atoms with van der Waals surface area (Å²) in [5, 5.41) is 7.42. The van der Waals surface area contributed by atoms with Gasteiger partial charge in [0.2, 0.25) is 26.0 Å². The zero-order valence-corrected chi connectivity index (χ0v) is 18.1. The van der Waals surface area contributed by atoms with E-state index in [0.29, 0.717) is 5.69 Å². The maximum atomic E-state index is 12.7. The number of benzene rings is 1. The Morgan fingerprint density at radius 3 is 2.20 bits per heavy atom. The van der Waals surface area contributed by atoms with Crippen LogP contribution in [0.15, 0.2) is 34.1 Å². The van der Waals surface area contributed by atoms with Crippen molar-refractivity contribution in [2.24, 2.45) is 5.14 Å². The van der Waals surface area contributed by atoms with Crippen LogP contribution in [0.3, 0.4) is 0 Å². The largest absolute Gasteiger partial charge is 0.462 e. The predicted octanol–water partition coefficient (Wildman–Crippen LogP) is 0.373. The second-order valence-corrected chi connectivity index (χ2v) is 9.51. The minimum absolute atomic E-state index is 0.0715. The SMILES string of the molecule is CCOC(=O)c1c(C)[nH]c(C)c1S(=O)(=O)NCC(=O)Nc1ccc(S(N)(=O)=O)cc1. The minimum Gasteiger partial charge on any atom is -0.462 e. The molecule has 30 heavy (non-hydrogen) atoms. The third kappa shape index (κ3) is 5.44. The van der Waals surface area contributed by atoms with Gasteiger partial charge >= 0.3 is 5.97 Å². The highest BCUT2D eigenvalue weighted by molar-refractivity contribution is 7.89. The van der Waals surface area contributed by atoms with Gasteiger partial charge in [-0.15, -0.1) is 0 Å². The highest BCUT2D eigenvalue weighted by Gasteiger charge is 2.30. The van der Waals surface area contributed by atoms with Gasteiger partial charge in [0.1, 0.15) is 10.5 Å². The van der Waals surface area contributed by atoms with Crippen LogP contribution in [0, 0.1) is 13.8 Å². The van der Waals surface area contributed by atoms with Crippen LogP contribution in [0.2, 0.25) is 0 Å². The molecule has 1 amide bonds. The number of aryl methyl sites for hydroxylation is 2. The number of amides is 1. The van der Waals surface area contributed by atoms with Gasteiger partial charge in [-0.2, -0.15) is 0 Å². The number of primary sulfonamides is 1. The third-order valence-electron chi connectivity index (χ3n) is 3.96. The number of anilines is 1. The number of nitrogens with two attached hydrogens (primary N) is 1. The fourth-order valence-corrected chi connectivity index (χ4v) is 4.65. The van der Waals surface area contributed by atoms with Crippen molar-refractivity contribution in [2.75, 3.05) is 18.5 Å². The van der Waals surface area contributed by atoms with E-state index < -0.39 is 38.5 Å². The predicted molar refractivity (Wildman–Crippen MR) is 108 cm³/mol. The summed E-state index contributed by atoms with van der Waals surface area (Å²) in [6.45, 7) is 4.07. The van der Waals surface area contributed by atoms with E-state index in [0.717, 1.165) is 0 Å². The van der Waals surface area contributed by atoms with Gasteiger partial charge in [0.25, 0.3) is 0 Å². The molecule has 0 bridgehead atoms. The van der Waals surface area contributed by atoms with Crippen LogP contribution in [0.5, 0.6) is 0 Å². The maximum absolute atomic E-state index is 12.7. The first kappa shape index (κ1) is 23.5. The van der Waals surface area contributed by atoms with E-state index in [9.17, 15) is 26.4 Å². The second-order valence-electron chi connectivity index (χ2n) is 6.24. The van der Waals surface area contributed by atoms with Crippen LogP contribution in [-0.4, -0.2) is 46.8 Å². The Hall–Kier alpha value is -2.74. The van der Waals surface area contributed by atoms with E-state index >= 15 is 0 Å². The Morgan fingerprint density at radius 1 is 1.07 bits per heavy atom. The summed E-state index contributed by atoms with van der Waals surface area (Å²) in [6, 6.07) is 5.02. The summed E-state index contributed by atoms with van der Waals surface area (Å²) >= 11 is 0. The second kappa shape index (κ2) is 8.95. The molecule has 2 rings (SSSR count). The number of hydrogen-bond donors (Lipinski definition) is 4. The summed E-state index contributed by atoms with van der Waals surface area (Å²) in [5.41, 5.74) is 0.668. The van der Waals surface area contributed by atoms with Gasteiger partial charge in [-0.25, -0.2) is 31.5 Å². The summed E-state index contributed by atoms with van der Waals surface area (Å²) in [6.07, 6.45) is 0. The lowest BCUT2D eigenvalue weighted by atomic mass is 10.2. The van der Waals surface area contributed by atoms with E-state index in [1.165, 1.54) is 38.1 Å². The monoisotopic (exact) mass is 458 g/mol. The zero-order chi connectivity index (χ0) is 22.7. The molecule has 2 aromatic rings. The number of carbonyl (C=O) groups is 2. The lowest BCUT2D eigenvalue weighted by molar-refractivity contribution is -0.115. The van der Waals surface area contributed by atoms with E-state index in [4.69, 9.17) is 9.88 Å². The lowest BCUT2D eigenvalue weighted by Gasteiger charge is -2.10. The first-order valence-corrected chi connectivity index (χ1v) is 11.7. The van der Waals surface area contributed by atoms with Crippen LogP contribution in [-0.2, 0) is 29.6 Å². The van der Waals surface area contributed by atoms with E-state index in [2.05, 4.69) is 15.0 Å². The molecule has 0 fully saturated rings. The number of aromatic amines is 1. The number of ether oxygens (including phenoxy) is 1. The molecule has 11 nitrogen and oxygen atoms in total. The maximum Gasteiger partial charge on any atom is 0.341 e. The molecule has 0 atom stereocenters. The smallest absolute Gasteiger partial charge is 0.341 e. The molecule has 1 aromatic carbocycles. The Morgan fingerprint density at radius 2 is 1.67 bits per heavy atom. The summed E-state index contributed by atoms with van der Waals surface area (Å²) < 4.78 is 54.9. The average Bonchev–Trinajstić information content (AvgIpc) is 2.95. The van der Waals surface area contributed by atoms with Gasteiger partial charge in [-0.3, -0.25) is 4.79 Å². The number of hydrogen-bond acceptors (Lipinski definition) is 7. The normalized spacial score (nSPS) is 11.9. The molecular weight excluding hydrogens is 436 g/mol. The van der Waals surface area contributed by atoms with Crippen LogP contribution < -0.4 is 15.2 Å². The molecule has 0 aliphatic heterocycles. The Balaban J connectivity index is 2.14. The van der Waals surface area contributed by atoms with Crippen molar-refractivity contribution in [2.45, 2.75) is 30.6 Å². The van der Waals surface area contributed by atoms with Crippen molar-refractivity contribution in [1.82, 2.24) is 9.71 Å². The highest BCUT2D eigenvalue weighted by atomic mass is 32.2. The Labute approximate surface area is 174 Å². The quantitative estimate of drug-likeness (QED) is 0.413. The van der Waals surface area contributed by atoms with E-state index in [-0.39, 0.29) is 33.3 Å². The molecule has 1 aromatic heterocycles. The number of rotatable bonds is 8. The molecule has 164 valence electrons.